The molecule has 1 amide bonds. The maximum Gasteiger partial charge on any atom is 0.240 e. The number of likely N-dealkylation sites (tertiary alicyclic amines) is 1. The molecule has 1 unspecified atom stereocenters. The number of piperidine rings is 1. The molecule has 20 heavy (non-hydrogen) atoms. The molecule has 2 aromatic rings. The number of para-hydroxylation sites is 1. The van der Waals surface area contributed by atoms with E-state index in [9.17, 15) is 9.90 Å². The number of nitrogens with zero attached hydrogens (tertiary/aromatic N) is 2. The molecule has 1 saturated heterocycles. The van der Waals surface area contributed by atoms with Crippen LogP contribution in [0, 0.1) is 0 Å². The zero-order valence-electron chi connectivity index (χ0n) is 11.1. The molecule has 2 N–H and O–H groups in total. The Morgan fingerprint density at radius 3 is 3.15 bits per heavy atom. The van der Waals surface area contributed by atoms with Crippen molar-refractivity contribution in [3.63, 3.8) is 0 Å². The second-order valence-electron chi connectivity index (χ2n) is 5.07. The van der Waals surface area contributed by atoms with Crippen molar-refractivity contribution in [2.75, 3.05) is 25.0 Å². The minimum atomic E-state index is -0.306. The van der Waals surface area contributed by atoms with Crippen LogP contribution in [0.15, 0.2) is 24.3 Å². The Labute approximate surface area is 121 Å². The Morgan fingerprint density at radius 2 is 2.35 bits per heavy atom. The lowest BCUT2D eigenvalue weighted by molar-refractivity contribution is -0.118. The Bertz CT molecular complexity index is 580. The number of fused-ring (bicyclic) bond motifs is 1. The maximum absolute atomic E-state index is 12.0. The van der Waals surface area contributed by atoms with E-state index in [1.165, 1.54) is 11.3 Å². The van der Waals surface area contributed by atoms with Crippen LogP contribution in [0.3, 0.4) is 0 Å². The first-order valence-electron chi connectivity index (χ1n) is 6.76. The average molecular weight is 291 g/mol. The van der Waals surface area contributed by atoms with E-state index >= 15 is 0 Å². The number of nitrogens with one attached hydrogen (secondary N) is 1. The lowest BCUT2D eigenvalue weighted by Gasteiger charge is -2.29. The highest BCUT2D eigenvalue weighted by Crippen LogP contribution is 2.25. The molecule has 5 nitrogen and oxygen atoms in total. The zero-order valence-corrected chi connectivity index (χ0v) is 11.9. The number of β-amino-alcohol motifs (C(OH)–C–C–N with tert-alkyl or cyclic N) is 1. The maximum atomic E-state index is 12.0. The average Bonchev–Trinajstić information content (AvgIpc) is 2.80. The van der Waals surface area contributed by atoms with Crippen molar-refractivity contribution in [3.05, 3.63) is 24.3 Å². The molecule has 106 valence electrons. The molecule has 0 aliphatic carbocycles. The van der Waals surface area contributed by atoms with Crippen LogP contribution in [0.25, 0.3) is 10.2 Å². The number of aliphatic hydroxyl groups excluding tert-OH is 1. The first kappa shape index (κ1) is 13.5. The number of aromatic nitrogens is 1. The van der Waals surface area contributed by atoms with Crippen molar-refractivity contribution in [2.45, 2.75) is 18.9 Å². The highest BCUT2D eigenvalue weighted by Gasteiger charge is 2.20. The van der Waals surface area contributed by atoms with Crippen LogP contribution in [-0.2, 0) is 4.79 Å². The van der Waals surface area contributed by atoms with Crippen LogP contribution >= 0.6 is 11.3 Å². The first-order valence-corrected chi connectivity index (χ1v) is 7.58. The van der Waals surface area contributed by atoms with Gasteiger partial charge in [0.05, 0.1) is 22.9 Å². The number of carbonyl (C=O) groups is 1. The normalized spacial score (nSPS) is 20.1. The second-order valence-corrected chi connectivity index (χ2v) is 6.10. The lowest BCUT2D eigenvalue weighted by atomic mass is 10.1. The molecule has 1 aromatic heterocycles. The van der Waals surface area contributed by atoms with Crippen molar-refractivity contribution < 1.29 is 9.90 Å². The Balaban J connectivity index is 1.60. The fraction of sp³-hybridized carbons (Fsp3) is 0.429. The minimum Gasteiger partial charge on any atom is -0.392 e. The molecule has 0 radical (unpaired) electrons. The third-order valence-electron chi connectivity index (χ3n) is 3.39. The van der Waals surface area contributed by atoms with E-state index in [4.69, 9.17) is 0 Å². The molecule has 3 rings (SSSR count). The van der Waals surface area contributed by atoms with Crippen molar-refractivity contribution in [1.82, 2.24) is 9.88 Å². The van der Waals surface area contributed by atoms with Gasteiger partial charge in [-0.25, -0.2) is 4.98 Å². The fourth-order valence-corrected chi connectivity index (χ4v) is 3.34. The van der Waals surface area contributed by atoms with Gasteiger partial charge >= 0.3 is 0 Å². The second kappa shape index (κ2) is 5.87. The van der Waals surface area contributed by atoms with E-state index in [0.717, 1.165) is 29.6 Å². The van der Waals surface area contributed by atoms with Crippen molar-refractivity contribution in [2.24, 2.45) is 0 Å². The van der Waals surface area contributed by atoms with Gasteiger partial charge in [0, 0.05) is 6.54 Å². The summed E-state index contributed by atoms with van der Waals surface area (Å²) in [5.41, 5.74) is 0.904. The first-order chi connectivity index (χ1) is 9.70. The van der Waals surface area contributed by atoms with Crippen LogP contribution in [-0.4, -0.2) is 46.6 Å². The highest BCUT2D eigenvalue weighted by molar-refractivity contribution is 7.22. The zero-order chi connectivity index (χ0) is 13.9. The SMILES string of the molecule is O=C(CN1CCCC(O)C1)Nc1nc2ccccc2s1. The quantitative estimate of drug-likeness (QED) is 0.903. The fourth-order valence-electron chi connectivity index (χ4n) is 2.46. The van der Waals surface area contributed by atoms with Gasteiger partial charge in [0.1, 0.15) is 0 Å². The molecule has 0 bridgehead atoms. The summed E-state index contributed by atoms with van der Waals surface area (Å²) in [4.78, 5) is 18.4. The molecule has 1 aliphatic rings. The summed E-state index contributed by atoms with van der Waals surface area (Å²) in [6.07, 6.45) is 1.46. The van der Waals surface area contributed by atoms with Gasteiger partial charge < -0.3 is 10.4 Å². The third-order valence-corrected chi connectivity index (χ3v) is 4.34. The van der Waals surface area contributed by atoms with Crippen LogP contribution in [0.1, 0.15) is 12.8 Å². The summed E-state index contributed by atoms with van der Waals surface area (Å²) in [5.74, 6) is -0.0712. The number of hydrogen-bond donors (Lipinski definition) is 2. The van der Waals surface area contributed by atoms with Crippen LogP contribution in [0.2, 0.25) is 0 Å². The van der Waals surface area contributed by atoms with E-state index in [1.54, 1.807) is 0 Å². The van der Waals surface area contributed by atoms with Gasteiger partial charge in [-0.2, -0.15) is 0 Å². The highest BCUT2D eigenvalue weighted by atomic mass is 32.1. The molecule has 2 heterocycles. The summed E-state index contributed by atoms with van der Waals surface area (Å²) in [7, 11) is 0. The molecule has 1 fully saturated rings. The third kappa shape index (κ3) is 3.15. The smallest absolute Gasteiger partial charge is 0.240 e. The molecule has 0 saturated carbocycles. The van der Waals surface area contributed by atoms with E-state index in [1.807, 2.05) is 29.2 Å². The summed E-state index contributed by atoms with van der Waals surface area (Å²) in [6, 6.07) is 7.82. The van der Waals surface area contributed by atoms with E-state index in [0.29, 0.717) is 18.2 Å². The summed E-state index contributed by atoms with van der Waals surface area (Å²) in [6.45, 7) is 1.75. The number of benzene rings is 1. The number of hydrogen-bond acceptors (Lipinski definition) is 5. The standard InChI is InChI=1S/C14H17N3O2S/c18-10-4-3-7-17(8-10)9-13(19)16-14-15-11-5-1-2-6-12(11)20-14/h1-2,5-6,10,18H,3-4,7-9H2,(H,15,16,19). The number of anilines is 1. The van der Waals surface area contributed by atoms with Gasteiger partial charge in [-0.15, -0.1) is 0 Å². The van der Waals surface area contributed by atoms with Crippen molar-refractivity contribution in [1.29, 1.82) is 0 Å². The molecular weight excluding hydrogens is 274 g/mol. The Kier molecular flexibility index (Phi) is 3.95. The Hall–Kier alpha value is -1.50. The van der Waals surface area contributed by atoms with Gasteiger partial charge in [-0.3, -0.25) is 9.69 Å². The molecule has 6 heteroatoms. The molecular formula is C14H17N3O2S. The monoisotopic (exact) mass is 291 g/mol. The minimum absolute atomic E-state index is 0.0712. The number of aliphatic hydroxyl groups is 1. The van der Waals surface area contributed by atoms with Crippen LogP contribution in [0.5, 0.6) is 0 Å². The summed E-state index contributed by atoms with van der Waals surface area (Å²) in [5, 5.41) is 13.1. The number of rotatable bonds is 3. The predicted octanol–water partition coefficient (Wildman–Crippen LogP) is 1.69. The molecule has 1 atom stereocenters. The molecule has 1 aliphatic heterocycles. The van der Waals surface area contributed by atoms with Gasteiger partial charge in [0.25, 0.3) is 0 Å². The Morgan fingerprint density at radius 1 is 1.50 bits per heavy atom. The van der Waals surface area contributed by atoms with E-state index in [2.05, 4.69) is 10.3 Å². The van der Waals surface area contributed by atoms with Gasteiger partial charge in [0.15, 0.2) is 5.13 Å². The number of thiazole rings is 1. The summed E-state index contributed by atoms with van der Waals surface area (Å²) >= 11 is 1.48. The van der Waals surface area contributed by atoms with Gasteiger partial charge in [-0.05, 0) is 31.5 Å². The topological polar surface area (TPSA) is 65.5 Å². The van der Waals surface area contributed by atoms with E-state index < -0.39 is 0 Å². The largest absolute Gasteiger partial charge is 0.392 e. The summed E-state index contributed by atoms with van der Waals surface area (Å²) < 4.78 is 1.07. The van der Waals surface area contributed by atoms with Crippen LogP contribution < -0.4 is 5.32 Å². The number of carbonyl (C=O) groups excluding carboxylic acids is 1. The van der Waals surface area contributed by atoms with Gasteiger partial charge in [-0.1, -0.05) is 23.5 Å². The number of amides is 1. The van der Waals surface area contributed by atoms with Gasteiger partial charge in [0.2, 0.25) is 5.91 Å². The van der Waals surface area contributed by atoms with Crippen molar-refractivity contribution in [3.8, 4) is 0 Å². The predicted molar refractivity (Wildman–Crippen MR) is 79.9 cm³/mol. The van der Waals surface area contributed by atoms with Crippen LogP contribution in [0.4, 0.5) is 5.13 Å². The van der Waals surface area contributed by atoms with E-state index in [-0.39, 0.29) is 12.0 Å². The lowest BCUT2D eigenvalue weighted by Crippen LogP contribution is -2.42. The molecule has 1 aromatic carbocycles. The van der Waals surface area contributed by atoms with Crippen molar-refractivity contribution >= 4 is 32.6 Å². The molecule has 0 spiro atoms.